The zero-order chi connectivity index (χ0) is 20.5. The van der Waals surface area contributed by atoms with Crippen LogP contribution in [0, 0.1) is 0 Å². The van der Waals surface area contributed by atoms with Crippen LogP contribution in [0.15, 0.2) is 48.5 Å². The first-order chi connectivity index (χ1) is 14.1. The monoisotopic (exact) mass is 398 g/mol. The van der Waals surface area contributed by atoms with Crippen LogP contribution in [-0.2, 0) is 16.6 Å². The molecule has 1 aliphatic heterocycles. The second-order valence-corrected chi connectivity index (χ2v) is 7.33. The van der Waals surface area contributed by atoms with Crippen molar-refractivity contribution in [3.63, 3.8) is 0 Å². The van der Waals surface area contributed by atoms with Crippen LogP contribution in [-0.4, -0.2) is 46.6 Å². The minimum atomic E-state index is -0.141. The SMILES string of the molecule is COc1ccc(CCNC(=O)NCC2(c3ccc(OC)cc3)CCOCC2)cc1. The summed E-state index contributed by atoms with van der Waals surface area (Å²) in [6, 6.07) is 15.9. The van der Waals surface area contributed by atoms with Crippen LogP contribution in [0.2, 0.25) is 0 Å². The van der Waals surface area contributed by atoms with Gasteiger partial charge in [0.1, 0.15) is 11.5 Å². The maximum absolute atomic E-state index is 12.4. The topological polar surface area (TPSA) is 68.8 Å². The highest BCUT2D eigenvalue weighted by Crippen LogP contribution is 2.35. The van der Waals surface area contributed by atoms with Gasteiger partial charge in [0, 0.05) is 31.7 Å². The van der Waals surface area contributed by atoms with Gasteiger partial charge in [-0.25, -0.2) is 4.79 Å². The van der Waals surface area contributed by atoms with E-state index in [1.807, 2.05) is 36.4 Å². The highest BCUT2D eigenvalue weighted by molar-refractivity contribution is 5.74. The molecule has 0 aromatic heterocycles. The first kappa shape index (κ1) is 21.0. The fourth-order valence-corrected chi connectivity index (χ4v) is 3.70. The predicted octanol–water partition coefficient (Wildman–Crippen LogP) is 3.29. The van der Waals surface area contributed by atoms with Gasteiger partial charge < -0.3 is 24.8 Å². The molecule has 2 N–H and O–H groups in total. The van der Waals surface area contributed by atoms with Crippen LogP contribution in [0.4, 0.5) is 4.79 Å². The molecule has 2 aromatic carbocycles. The fourth-order valence-electron chi connectivity index (χ4n) is 3.70. The zero-order valence-corrected chi connectivity index (χ0v) is 17.2. The highest BCUT2D eigenvalue weighted by atomic mass is 16.5. The summed E-state index contributed by atoms with van der Waals surface area (Å²) in [6.45, 7) is 2.56. The van der Waals surface area contributed by atoms with Crippen molar-refractivity contribution in [2.45, 2.75) is 24.7 Å². The molecule has 3 rings (SSSR count). The van der Waals surface area contributed by atoms with E-state index in [2.05, 4.69) is 22.8 Å². The van der Waals surface area contributed by atoms with Gasteiger partial charge in [-0.1, -0.05) is 24.3 Å². The Morgan fingerprint density at radius 1 is 0.931 bits per heavy atom. The summed E-state index contributed by atoms with van der Waals surface area (Å²) >= 11 is 0. The number of rotatable bonds is 8. The second kappa shape index (κ2) is 10.2. The van der Waals surface area contributed by atoms with Crippen molar-refractivity contribution >= 4 is 6.03 Å². The summed E-state index contributed by atoms with van der Waals surface area (Å²) < 4.78 is 16.0. The number of amides is 2. The normalized spacial score (nSPS) is 15.4. The van der Waals surface area contributed by atoms with Gasteiger partial charge in [-0.05, 0) is 54.7 Å². The van der Waals surface area contributed by atoms with Crippen LogP contribution >= 0.6 is 0 Å². The van der Waals surface area contributed by atoms with Gasteiger partial charge in [-0.15, -0.1) is 0 Å². The molecule has 1 aliphatic rings. The first-order valence-electron chi connectivity index (χ1n) is 10.0. The van der Waals surface area contributed by atoms with E-state index in [1.54, 1.807) is 14.2 Å². The van der Waals surface area contributed by atoms with Gasteiger partial charge in [-0.3, -0.25) is 0 Å². The minimum absolute atomic E-state index is 0.113. The molecule has 6 heteroatoms. The molecule has 0 saturated carbocycles. The Balaban J connectivity index is 1.52. The molecule has 0 spiro atoms. The Morgan fingerprint density at radius 2 is 1.52 bits per heavy atom. The molecule has 0 atom stereocenters. The smallest absolute Gasteiger partial charge is 0.314 e. The Bertz CT molecular complexity index is 768. The molecule has 156 valence electrons. The van der Waals surface area contributed by atoms with Crippen LogP contribution in [0.5, 0.6) is 11.5 Å². The highest BCUT2D eigenvalue weighted by Gasteiger charge is 2.34. The summed E-state index contributed by atoms with van der Waals surface area (Å²) in [5, 5.41) is 6.02. The number of benzene rings is 2. The fraction of sp³-hybridized carbons (Fsp3) is 0.435. The maximum atomic E-state index is 12.4. The molecule has 0 unspecified atom stereocenters. The van der Waals surface area contributed by atoms with Gasteiger partial charge in [-0.2, -0.15) is 0 Å². The average Bonchev–Trinajstić information content (AvgIpc) is 2.79. The molecular formula is C23H30N2O4. The van der Waals surface area contributed by atoms with Gasteiger partial charge in [0.25, 0.3) is 0 Å². The van der Waals surface area contributed by atoms with E-state index in [-0.39, 0.29) is 11.4 Å². The van der Waals surface area contributed by atoms with Crippen molar-refractivity contribution < 1.29 is 19.0 Å². The number of ether oxygens (including phenoxy) is 3. The zero-order valence-electron chi connectivity index (χ0n) is 17.2. The lowest BCUT2D eigenvalue weighted by Gasteiger charge is -2.38. The van der Waals surface area contributed by atoms with Crippen molar-refractivity contribution in [1.82, 2.24) is 10.6 Å². The molecule has 6 nitrogen and oxygen atoms in total. The molecule has 2 aromatic rings. The average molecular weight is 399 g/mol. The molecule has 1 fully saturated rings. The van der Waals surface area contributed by atoms with Gasteiger partial charge in [0.15, 0.2) is 0 Å². The third-order valence-electron chi connectivity index (χ3n) is 5.60. The number of methoxy groups -OCH3 is 2. The summed E-state index contributed by atoms with van der Waals surface area (Å²) in [4.78, 5) is 12.4. The molecule has 29 heavy (non-hydrogen) atoms. The molecule has 1 saturated heterocycles. The molecule has 1 heterocycles. The van der Waals surface area contributed by atoms with Crippen molar-refractivity contribution in [2.75, 3.05) is 40.5 Å². The van der Waals surface area contributed by atoms with Crippen molar-refractivity contribution in [3.8, 4) is 11.5 Å². The van der Waals surface area contributed by atoms with Gasteiger partial charge in [0.2, 0.25) is 0 Å². The van der Waals surface area contributed by atoms with E-state index in [0.717, 1.165) is 36.3 Å². The summed E-state index contributed by atoms with van der Waals surface area (Å²) in [5.41, 5.74) is 2.25. The molecule has 2 amide bonds. The third-order valence-corrected chi connectivity index (χ3v) is 5.60. The van der Waals surface area contributed by atoms with Crippen LogP contribution < -0.4 is 20.1 Å². The largest absolute Gasteiger partial charge is 0.497 e. The van der Waals surface area contributed by atoms with E-state index in [9.17, 15) is 4.79 Å². The third kappa shape index (κ3) is 5.64. The minimum Gasteiger partial charge on any atom is -0.497 e. The second-order valence-electron chi connectivity index (χ2n) is 7.33. The Labute approximate surface area is 172 Å². The number of hydrogen-bond donors (Lipinski definition) is 2. The Kier molecular flexibility index (Phi) is 7.36. The van der Waals surface area contributed by atoms with E-state index < -0.39 is 0 Å². The first-order valence-corrected chi connectivity index (χ1v) is 10.0. The van der Waals surface area contributed by atoms with Gasteiger partial charge in [0.05, 0.1) is 14.2 Å². The van der Waals surface area contributed by atoms with Crippen LogP contribution in [0.25, 0.3) is 0 Å². The molecular weight excluding hydrogens is 368 g/mol. The van der Waals surface area contributed by atoms with Gasteiger partial charge >= 0.3 is 6.03 Å². The number of urea groups is 1. The summed E-state index contributed by atoms with van der Waals surface area (Å²) in [7, 11) is 3.31. The van der Waals surface area contributed by atoms with E-state index in [1.165, 1.54) is 5.56 Å². The predicted molar refractivity (Wildman–Crippen MR) is 113 cm³/mol. The van der Waals surface area contributed by atoms with E-state index in [4.69, 9.17) is 14.2 Å². The lowest BCUT2D eigenvalue weighted by atomic mass is 9.74. The van der Waals surface area contributed by atoms with Crippen molar-refractivity contribution in [1.29, 1.82) is 0 Å². The van der Waals surface area contributed by atoms with Crippen molar-refractivity contribution in [2.24, 2.45) is 0 Å². The van der Waals surface area contributed by atoms with Crippen molar-refractivity contribution in [3.05, 3.63) is 59.7 Å². The maximum Gasteiger partial charge on any atom is 0.314 e. The number of nitrogens with one attached hydrogen (secondary N) is 2. The number of carbonyl (C=O) groups is 1. The number of carbonyl (C=O) groups excluding carboxylic acids is 1. The Morgan fingerprint density at radius 3 is 2.10 bits per heavy atom. The standard InChI is InChI=1S/C23H30N2O4/c1-27-20-7-3-18(4-8-20)11-14-24-22(26)25-17-23(12-15-29-16-13-23)19-5-9-21(28-2)10-6-19/h3-10H,11-17H2,1-2H3,(H2,24,25,26). The van der Waals surface area contributed by atoms with Crippen LogP contribution in [0.3, 0.4) is 0 Å². The molecule has 0 bridgehead atoms. The lowest BCUT2D eigenvalue weighted by Crippen LogP contribution is -2.47. The number of hydrogen-bond acceptors (Lipinski definition) is 4. The van der Waals surface area contributed by atoms with Crippen LogP contribution in [0.1, 0.15) is 24.0 Å². The summed E-state index contributed by atoms with van der Waals surface area (Å²) in [5.74, 6) is 1.67. The molecule has 0 radical (unpaired) electrons. The Hall–Kier alpha value is -2.73. The van der Waals surface area contributed by atoms with E-state index >= 15 is 0 Å². The quantitative estimate of drug-likeness (QED) is 0.716. The summed E-state index contributed by atoms with van der Waals surface area (Å²) in [6.07, 6.45) is 2.53. The van der Waals surface area contributed by atoms with E-state index in [0.29, 0.717) is 26.3 Å². The lowest BCUT2D eigenvalue weighted by molar-refractivity contribution is 0.0507. The molecule has 0 aliphatic carbocycles.